The number of carbonyl (C=O) groups excluding carboxylic acids is 1. The van der Waals surface area contributed by atoms with Gasteiger partial charge in [0.1, 0.15) is 17.9 Å². The third-order valence-corrected chi connectivity index (χ3v) is 9.29. The summed E-state index contributed by atoms with van der Waals surface area (Å²) in [5.41, 5.74) is 1.16. The van der Waals surface area contributed by atoms with Crippen molar-refractivity contribution in [1.82, 2.24) is 19.7 Å². The van der Waals surface area contributed by atoms with E-state index in [1.54, 1.807) is 12.1 Å². The van der Waals surface area contributed by atoms with Crippen molar-refractivity contribution in [2.45, 2.75) is 58.2 Å². The minimum Gasteiger partial charge on any atom is -0.489 e. The third kappa shape index (κ3) is 6.08. The normalized spacial score (nSPS) is 15.9. The number of ether oxygens (including phenoxy) is 1. The van der Waals surface area contributed by atoms with Gasteiger partial charge in [-0.1, -0.05) is 18.2 Å². The van der Waals surface area contributed by atoms with Crippen LogP contribution in [-0.4, -0.2) is 49.7 Å². The number of nitrogens with zero attached hydrogens (tertiary/aromatic N) is 4. The van der Waals surface area contributed by atoms with Crippen LogP contribution in [0, 0.1) is 19.8 Å². The molecular weight excluding hydrogens is 593 g/mol. The zero-order valence-corrected chi connectivity index (χ0v) is 25.0. The number of piperidine rings is 1. The van der Waals surface area contributed by atoms with Crippen molar-refractivity contribution in [1.29, 1.82) is 0 Å². The second kappa shape index (κ2) is 11.7. The van der Waals surface area contributed by atoms with Gasteiger partial charge in [0.15, 0.2) is 11.5 Å². The van der Waals surface area contributed by atoms with Crippen molar-refractivity contribution in [3.05, 3.63) is 81.5 Å². The lowest BCUT2D eigenvalue weighted by Gasteiger charge is -2.32. The summed E-state index contributed by atoms with van der Waals surface area (Å²) in [6.07, 6.45) is -0.317. The Kier molecular flexibility index (Phi) is 7.95. The number of pyridine rings is 1. The molecule has 0 spiro atoms. The molecule has 1 saturated heterocycles. The predicted octanol–water partition coefficient (Wildman–Crippen LogP) is 7.02. The van der Waals surface area contributed by atoms with Gasteiger partial charge >= 0.3 is 12.1 Å². The number of rotatable bonds is 8. The van der Waals surface area contributed by atoms with Crippen molar-refractivity contribution in [2.24, 2.45) is 5.92 Å². The fraction of sp³-hybridized carbons (Fsp3) is 0.375. The summed E-state index contributed by atoms with van der Waals surface area (Å²) >= 11 is 1.44. The van der Waals surface area contributed by atoms with Crippen LogP contribution in [0.2, 0.25) is 0 Å². The SMILES string of the molecule is Cc1cc(COc2ccc(C3CCN(C(=O)C4CC4)CC3)cc2C)c(-c2cccc(-n3ncc(C(=O)O)c3C(F)(F)F)n2)s1. The molecule has 1 aliphatic carbocycles. The highest BCUT2D eigenvalue weighted by Gasteiger charge is 2.41. The minimum absolute atomic E-state index is 0.144. The summed E-state index contributed by atoms with van der Waals surface area (Å²) < 4.78 is 48.1. The lowest BCUT2D eigenvalue weighted by molar-refractivity contribution is -0.143. The summed E-state index contributed by atoms with van der Waals surface area (Å²) in [7, 11) is 0. The van der Waals surface area contributed by atoms with Gasteiger partial charge in [-0.3, -0.25) is 4.79 Å². The Morgan fingerprint density at radius 2 is 1.82 bits per heavy atom. The molecule has 1 N–H and O–H groups in total. The summed E-state index contributed by atoms with van der Waals surface area (Å²) in [6, 6.07) is 12.8. The minimum atomic E-state index is -4.94. The van der Waals surface area contributed by atoms with Gasteiger partial charge in [0.05, 0.1) is 16.8 Å². The van der Waals surface area contributed by atoms with Gasteiger partial charge in [-0.25, -0.2) is 14.5 Å². The van der Waals surface area contributed by atoms with Crippen LogP contribution in [0.15, 0.2) is 48.7 Å². The van der Waals surface area contributed by atoms with E-state index in [-0.39, 0.29) is 18.3 Å². The van der Waals surface area contributed by atoms with Gasteiger partial charge in [-0.2, -0.15) is 18.3 Å². The number of aromatic carboxylic acids is 1. The maximum Gasteiger partial charge on any atom is 0.434 e. The summed E-state index contributed by atoms with van der Waals surface area (Å²) in [5, 5.41) is 13.0. The molecule has 0 radical (unpaired) electrons. The fourth-order valence-electron chi connectivity index (χ4n) is 5.78. The lowest BCUT2D eigenvalue weighted by Crippen LogP contribution is -2.38. The number of hydrogen-bond acceptors (Lipinski definition) is 6. The molecule has 0 unspecified atom stereocenters. The topological polar surface area (TPSA) is 97.6 Å². The standard InChI is InChI=1S/C32H31F3N4O4S/c1-18-14-22(20-10-12-38(13-11-20)30(40)21-6-7-21)8-9-26(18)43-17-23-15-19(2)44-28(23)25-4-3-5-27(37-25)39-29(32(33,34)35)24(16-36-39)31(41)42/h3-5,8-9,14-16,20-21H,6-7,10-13,17H2,1-2H3,(H,41,42). The quantitative estimate of drug-likeness (QED) is 0.226. The zero-order chi connectivity index (χ0) is 31.2. The highest BCUT2D eigenvalue weighted by atomic mass is 32.1. The Morgan fingerprint density at radius 3 is 2.48 bits per heavy atom. The number of aromatic nitrogens is 3. The van der Waals surface area contributed by atoms with Crippen LogP contribution in [0.5, 0.6) is 5.75 Å². The maximum absolute atomic E-state index is 13.8. The number of alkyl halides is 3. The van der Waals surface area contributed by atoms with Crippen LogP contribution in [0.25, 0.3) is 16.4 Å². The molecule has 3 aromatic heterocycles. The van der Waals surface area contributed by atoms with Crippen molar-refractivity contribution < 1.29 is 32.6 Å². The number of benzene rings is 1. The number of carboxylic acids is 1. The van der Waals surface area contributed by atoms with Gasteiger partial charge in [0, 0.05) is 29.4 Å². The van der Waals surface area contributed by atoms with Crippen LogP contribution in [0.4, 0.5) is 13.2 Å². The molecule has 4 heterocycles. The predicted molar refractivity (Wildman–Crippen MR) is 158 cm³/mol. The number of likely N-dealkylation sites (tertiary alicyclic amines) is 1. The molecule has 6 rings (SSSR count). The molecule has 230 valence electrons. The maximum atomic E-state index is 13.8. The molecule has 44 heavy (non-hydrogen) atoms. The van der Waals surface area contributed by atoms with E-state index in [0.29, 0.717) is 28.4 Å². The van der Waals surface area contributed by atoms with Crippen LogP contribution >= 0.6 is 11.3 Å². The molecule has 0 bridgehead atoms. The van der Waals surface area contributed by atoms with Crippen molar-refractivity contribution in [3.8, 4) is 22.1 Å². The largest absolute Gasteiger partial charge is 0.489 e. The Hall–Kier alpha value is -4.19. The van der Waals surface area contributed by atoms with E-state index < -0.39 is 23.4 Å². The monoisotopic (exact) mass is 624 g/mol. The van der Waals surface area contributed by atoms with Crippen LogP contribution in [0.1, 0.15) is 69.2 Å². The van der Waals surface area contributed by atoms with Gasteiger partial charge < -0.3 is 14.7 Å². The number of aryl methyl sites for hydroxylation is 2. The second-order valence-electron chi connectivity index (χ2n) is 11.4. The van der Waals surface area contributed by atoms with Crippen molar-refractivity contribution >= 4 is 23.2 Å². The number of thiophene rings is 1. The molecule has 1 saturated carbocycles. The van der Waals surface area contributed by atoms with Crippen LogP contribution < -0.4 is 4.74 Å². The van der Waals surface area contributed by atoms with Gasteiger partial charge in [-0.05, 0) is 80.8 Å². The Labute approximate surface area is 256 Å². The van der Waals surface area contributed by atoms with Gasteiger partial charge in [0.25, 0.3) is 0 Å². The smallest absolute Gasteiger partial charge is 0.434 e. The van der Waals surface area contributed by atoms with E-state index in [4.69, 9.17) is 4.74 Å². The fourth-order valence-corrected chi connectivity index (χ4v) is 6.77. The molecule has 1 aliphatic heterocycles. The molecule has 0 atom stereocenters. The Bertz CT molecular complexity index is 1720. The molecule has 4 aromatic rings. The summed E-state index contributed by atoms with van der Waals surface area (Å²) in [6.45, 7) is 5.76. The number of carboxylic acid groups (broad SMARTS) is 1. The highest BCUT2D eigenvalue weighted by molar-refractivity contribution is 7.15. The van der Waals surface area contributed by atoms with E-state index in [0.717, 1.165) is 65.4 Å². The van der Waals surface area contributed by atoms with Crippen molar-refractivity contribution in [2.75, 3.05) is 13.1 Å². The highest BCUT2D eigenvalue weighted by Crippen LogP contribution is 2.38. The van der Waals surface area contributed by atoms with Crippen LogP contribution in [0.3, 0.4) is 0 Å². The number of halogens is 3. The third-order valence-electron chi connectivity index (χ3n) is 8.17. The van der Waals surface area contributed by atoms with E-state index in [1.807, 2.05) is 30.9 Å². The molecule has 12 heteroatoms. The van der Waals surface area contributed by atoms with Gasteiger partial charge in [-0.15, -0.1) is 11.3 Å². The first-order valence-electron chi connectivity index (χ1n) is 14.5. The van der Waals surface area contributed by atoms with E-state index >= 15 is 0 Å². The lowest BCUT2D eigenvalue weighted by atomic mass is 9.88. The molecular formula is C32H31F3N4O4S. The summed E-state index contributed by atoms with van der Waals surface area (Å²) in [5.74, 6) is -0.165. The average Bonchev–Trinajstić information content (AvgIpc) is 3.62. The molecule has 2 fully saturated rings. The molecule has 1 amide bonds. The summed E-state index contributed by atoms with van der Waals surface area (Å²) in [4.78, 5) is 32.0. The molecule has 2 aliphatic rings. The average molecular weight is 625 g/mol. The van der Waals surface area contributed by atoms with Crippen LogP contribution in [-0.2, 0) is 17.6 Å². The first kappa shape index (κ1) is 29.9. The van der Waals surface area contributed by atoms with Gasteiger partial charge in [0.2, 0.25) is 5.91 Å². The number of amides is 1. The van der Waals surface area contributed by atoms with E-state index in [9.17, 15) is 27.9 Å². The Morgan fingerprint density at radius 1 is 1.07 bits per heavy atom. The Balaban J connectivity index is 1.18. The number of hydrogen-bond donors (Lipinski definition) is 1. The zero-order valence-electron chi connectivity index (χ0n) is 24.2. The molecule has 1 aromatic carbocycles. The number of carbonyl (C=O) groups is 2. The second-order valence-corrected chi connectivity index (χ2v) is 12.7. The first-order valence-corrected chi connectivity index (χ1v) is 15.3. The van der Waals surface area contributed by atoms with Crippen molar-refractivity contribution in [3.63, 3.8) is 0 Å². The molecule has 8 nitrogen and oxygen atoms in total. The first-order chi connectivity index (χ1) is 21.0. The van der Waals surface area contributed by atoms with E-state index in [2.05, 4.69) is 22.2 Å². The van der Waals surface area contributed by atoms with E-state index in [1.165, 1.54) is 23.0 Å².